The molecule has 0 saturated carbocycles. The van der Waals surface area contributed by atoms with Gasteiger partial charge in [0, 0.05) is 17.5 Å². The Bertz CT molecular complexity index is 761. The minimum absolute atomic E-state index is 0.0677. The van der Waals surface area contributed by atoms with Crippen LogP contribution in [0.2, 0.25) is 0 Å². The molecule has 0 radical (unpaired) electrons. The predicted octanol–water partition coefficient (Wildman–Crippen LogP) is 2.52. The van der Waals surface area contributed by atoms with Gasteiger partial charge in [0.05, 0.1) is 6.61 Å². The maximum absolute atomic E-state index is 12.0. The van der Waals surface area contributed by atoms with Gasteiger partial charge in [-0.15, -0.1) is 0 Å². The second kappa shape index (κ2) is 7.28. The van der Waals surface area contributed by atoms with E-state index in [0.29, 0.717) is 17.5 Å². The van der Waals surface area contributed by atoms with Crippen molar-refractivity contribution in [3.63, 3.8) is 0 Å². The van der Waals surface area contributed by atoms with Crippen molar-refractivity contribution in [3.8, 4) is 5.75 Å². The monoisotopic (exact) mass is 319 g/mol. The zero-order chi connectivity index (χ0) is 17.0. The Hall–Kier alpha value is -2.34. The average molecular weight is 319 g/mol. The van der Waals surface area contributed by atoms with E-state index in [9.17, 15) is 14.7 Å². The molecule has 0 aliphatic rings. The van der Waals surface area contributed by atoms with E-state index in [2.05, 4.69) is 4.90 Å². The molecule has 0 spiro atoms. The summed E-state index contributed by atoms with van der Waals surface area (Å²) in [7, 11) is 0. The molecule has 0 saturated heterocycles. The van der Waals surface area contributed by atoms with Crippen molar-refractivity contribution in [2.75, 3.05) is 19.7 Å². The highest BCUT2D eigenvalue weighted by molar-refractivity contribution is 5.94. The van der Waals surface area contributed by atoms with Crippen LogP contribution in [0.5, 0.6) is 5.75 Å². The van der Waals surface area contributed by atoms with E-state index in [-0.39, 0.29) is 23.5 Å². The molecular formula is C17H21NO5. The predicted molar refractivity (Wildman–Crippen MR) is 86.7 cm³/mol. The summed E-state index contributed by atoms with van der Waals surface area (Å²) >= 11 is 0. The van der Waals surface area contributed by atoms with Gasteiger partial charge in [0.15, 0.2) is 11.3 Å². The van der Waals surface area contributed by atoms with Gasteiger partial charge in [-0.3, -0.25) is 4.90 Å². The van der Waals surface area contributed by atoms with Gasteiger partial charge in [0.2, 0.25) is 0 Å². The Labute approximate surface area is 134 Å². The molecule has 0 atom stereocenters. The van der Waals surface area contributed by atoms with E-state index in [1.54, 1.807) is 19.1 Å². The third kappa shape index (κ3) is 3.53. The fourth-order valence-electron chi connectivity index (χ4n) is 2.38. The summed E-state index contributed by atoms with van der Waals surface area (Å²) in [6.07, 6.45) is 0. The number of esters is 1. The molecule has 1 N–H and O–H groups in total. The Kier molecular flexibility index (Phi) is 5.39. The number of nitrogens with zero attached hydrogens (tertiary/aromatic N) is 1. The highest BCUT2D eigenvalue weighted by Gasteiger charge is 2.18. The van der Waals surface area contributed by atoms with Crippen LogP contribution in [0.15, 0.2) is 27.4 Å². The summed E-state index contributed by atoms with van der Waals surface area (Å²) in [6.45, 7) is 8.15. The van der Waals surface area contributed by atoms with E-state index in [1.807, 2.05) is 13.8 Å². The Morgan fingerprint density at radius 3 is 2.57 bits per heavy atom. The van der Waals surface area contributed by atoms with Crippen LogP contribution in [0.4, 0.5) is 0 Å². The molecular weight excluding hydrogens is 298 g/mol. The quantitative estimate of drug-likeness (QED) is 0.651. The second-order valence-electron chi connectivity index (χ2n) is 5.12. The van der Waals surface area contributed by atoms with Gasteiger partial charge in [-0.1, -0.05) is 26.0 Å². The molecule has 0 bridgehead atoms. The summed E-state index contributed by atoms with van der Waals surface area (Å²) in [5.74, 6) is -0.795. The van der Waals surface area contributed by atoms with Crippen LogP contribution in [-0.4, -0.2) is 35.7 Å². The van der Waals surface area contributed by atoms with Crippen LogP contribution in [0, 0.1) is 0 Å². The molecule has 6 heteroatoms. The van der Waals surface area contributed by atoms with Crippen molar-refractivity contribution in [1.29, 1.82) is 0 Å². The number of carbonyl (C=O) groups is 1. The first-order chi connectivity index (χ1) is 11.0. The lowest BCUT2D eigenvalue weighted by Crippen LogP contribution is -2.22. The van der Waals surface area contributed by atoms with Gasteiger partial charge in [0.1, 0.15) is 5.56 Å². The first-order valence-corrected chi connectivity index (χ1v) is 7.69. The summed E-state index contributed by atoms with van der Waals surface area (Å²) in [5, 5.41) is 10.9. The first-order valence-electron chi connectivity index (χ1n) is 7.69. The van der Waals surface area contributed by atoms with Crippen LogP contribution >= 0.6 is 0 Å². The lowest BCUT2D eigenvalue weighted by atomic mass is 10.1. The number of hydrogen-bond donors (Lipinski definition) is 1. The zero-order valence-electron chi connectivity index (χ0n) is 13.6. The van der Waals surface area contributed by atoms with Crippen molar-refractivity contribution < 1.29 is 19.1 Å². The topological polar surface area (TPSA) is 80.0 Å². The smallest absolute Gasteiger partial charge is 0.351 e. The van der Waals surface area contributed by atoms with Crippen LogP contribution < -0.4 is 5.63 Å². The number of hydrogen-bond acceptors (Lipinski definition) is 6. The molecule has 0 fully saturated rings. The van der Waals surface area contributed by atoms with Gasteiger partial charge in [-0.2, -0.15) is 0 Å². The molecule has 0 unspecified atom stereocenters. The molecule has 1 heterocycles. The summed E-state index contributed by atoms with van der Waals surface area (Å²) in [6, 6.07) is 4.88. The molecule has 2 aromatic rings. The lowest BCUT2D eigenvalue weighted by molar-refractivity contribution is 0.0521. The number of phenolic OH excluding ortho intramolecular Hbond substituents is 1. The number of rotatable bonds is 6. The summed E-state index contributed by atoms with van der Waals surface area (Å²) in [5.41, 5.74) is -0.220. The maximum atomic E-state index is 12.0. The van der Waals surface area contributed by atoms with E-state index < -0.39 is 11.6 Å². The van der Waals surface area contributed by atoms with E-state index in [1.165, 1.54) is 6.07 Å². The lowest BCUT2D eigenvalue weighted by Gasteiger charge is -2.18. The van der Waals surface area contributed by atoms with Gasteiger partial charge in [-0.05, 0) is 26.1 Å². The van der Waals surface area contributed by atoms with Crippen LogP contribution in [0.25, 0.3) is 11.0 Å². The molecule has 124 valence electrons. The highest BCUT2D eigenvalue weighted by Crippen LogP contribution is 2.29. The van der Waals surface area contributed by atoms with E-state index in [0.717, 1.165) is 13.1 Å². The molecule has 2 rings (SSSR count). The fourth-order valence-corrected chi connectivity index (χ4v) is 2.38. The fraction of sp³-hybridized carbons (Fsp3) is 0.412. The number of phenols is 1. The van der Waals surface area contributed by atoms with E-state index in [4.69, 9.17) is 9.15 Å². The van der Waals surface area contributed by atoms with Gasteiger partial charge in [-0.25, -0.2) is 9.59 Å². The van der Waals surface area contributed by atoms with Crippen LogP contribution in [0.1, 0.15) is 36.7 Å². The second-order valence-corrected chi connectivity index (χ2v) is 5.12. The van der Waals surface area contributed by atoms with Crippen LogP contribution in [0.3, 0.4) is 0 Å². The molecule has 6 nitrogen and oxygen atoms in total. The van der Waals surface area contributed by atoms with Crippen LogP contribution in [-0.2, 0) is 11.3 Å². The van der Waals surface area contributed by atoms with Crippen molar-refractivity contribution in [2.24, 2.45) is 0 Å². The summed E-state index contributed by atoms with van der Waals surface area (Å²) < 4.78 is 9.98. The normalized spacial score (nSPS) is 11.1. The Morgan fingerprint density at radius 1 is 1.26 bits per heavy atom. The highest BCUT2D eigenvalue weighted by atomic mass is 16.5. The molecule has 0 amide bonds. The standard InChI is InChI=1S/C17H21NO5/c1-4-18(5-2)10-12-8-7-11-9-13(16(20)22-6-3)17(21)23-15(11)14(12)19/h7-9,19H,4-6,10H2,1-3H3. The maximum Gasteiger partial charge on any atom is 0.351 e. The average Bonchev–Trinajstić information content (AvgIpc) is 2.54. The number of benzene rings is 1. The van der Waals surface area contributed by atoms with Gasteiger partial charge >= 0.3 is 11.6 Å². The van der Waals surface area contributed by atoms with Crippen molar-refractivity contribution in [2.45, 2.75) is 27.3 Å². The minimum Gasteiger partial charge on any atom is -0.504 e. The van der Waals surface area contributed by atoms with Crippen molar-refractivity contribution >= 4 is 16.9 Å². The zero-order valence-corrected chi connectivity index (χ0v) is 13.6. The summed E-state index contributed by atoms with van der Waals surface area (Å²) in [4.78, 5) is 25.8. The molecule has 23 heavy (non-hydrogen) atoms. The Morgan fingerprint density at radius 2 is 1.96 bits per heavy atom. The van der Waals surface area contributed by atoms with Gasteiger partial charge in [0.25, 0.3) is 0 Å². The number of ether oxygens (including phenoxy) is 1. The first kappa shape index (κ1) is 17.0. The van der Waals surface area contributed by atoms with Crippen molar-refractivity contribution in [3.05, 3.63) is 39.7 Å². The van der Waals surface area contributed by atoms with E-state index >= 15 is 0 Å². The molecule has 0 aliphatic carbocycles. The van der Waals surface area contributed by atoms with Gasteiger partial charge < -0.3 is 14.3 Å². The number of fused-ring (bicyclic) bond motifs is 1. The molecule has 1 aromatic carbocycles. The largest absolute Gasteiger partial charge is 0.504 e. The number of carbonyl (C=O) groups excluding carboxylic acids is 1. The molecule has 1 aromatic heterocycles. The SMILES string of the molecule is CCOC(=O)c1cc2ccc(CN(CC)CC)c(O)c2oc1=O. The number of aromatic hydroxyl groups is 1. The molecule has 0 aliphatic heterocycles. The third-order valence-electron chi connectivity index (χ3n) is 3.74. The van der Waals surface area contributed by atoms with Crippen molar-refractivity contribution in [1.82, 2.24) is 4.90 Å². The minimum atomic E-state index is -0.814. The Balaban J connectivity index is 2.48. The third-order valence-corrected chi connectivity index (χ3v) is 3.74.